The first-order chi connectivity index (χ1) is 7.13. The molecule has 2 N–H and O–H groups in total. The Morgan fingerprint density at radius 3 is 2.67 bits per heavy atom. The number of hydrogen-bond acceptors (Lipinski definition) is 4. The van der Waals surface area contributed by atoms with Crippen molar-refractivity contribution in [3.63, 3.8) is 0 Å². The normalized spacial score (nSPS) is 20.3. The molecule has 86 valence electrons. The smallest absolute Gasteiger partial charge is 0.333 e. The second-order valence-electron chi connectivity index (χ2n) is 4.02. The first-order valence-electron chi connectivity index (χ1n) is 5.36. The molecule has 0 bridgehead atoms. The van der Waals surface area contributed by atoms with Crippen LogP contribution in [0.4, 0.5) is 0 Å². The van der Waals surface area contributed by atoms with Gasteiger partial charge in [0, 0.05) is 18.2 Å². The van der Waals surface area contributed by atoms with Crippen molar-refractivity contribution in [3.8, 4) is 0 Å². The molecule has 0 radical (unpaired) electrons. The lowest BCUT2D eigenvalue weighted by molar-refractivity contribution is -0.136. The van der Waals surface area contributed by atoms with E-state index in [-0.39, 0.29) is 5.97 Å². The number of likely N-dealkylation sites (tertiary alicyclic amines) is 1. The van der Waals surface area contributed by atoms with Crippen molar-refractivity contribution in [2.75, 3.05) is 26.7 Å². The average Bonchev–Trinajstić information content (AvgIpc) is 2.26. The number of rotatable bonds is 3. The zero-order valence-electron chi connectivity index (χ0n) is 9.53. The van der Waals surface area contributed by atoms with Crippen LogP contribution in [0.15, 0.2) is 11.6 Å². The zero-order chi connectivity index (χ0) is 11.3. The maximum Gasteiger partial charge on any atom is 0.333 e. The van der Waals surface area contributed by atoms with Crippen molar-refractivity contribution in [2.45, 2.75) is 25.8 Å². The Labute approximate surface area is 91.1 Å². The molecule has 0 aromatic rings. The molecule has 0 aliphatic carbocycles. The molecule has 1 rings (SSSR count). The van der Waals surface area contributed by atoms with E-state index in [4.69, 9.17) is 5.73 Å². The van der Waals surface area contributed by atoms with Gasteiger partial charge in [-0.2, -0.15) is 0 Å². The van der Waals surface area contributed by atoms with E-state index in [1.165, 1.54) is 7.11 Å². The van der Waals surface area contributed by atoms with Crippen LogP contribution in [0.25, 0.3) is 0 Å². The minimum atomic E-state index is -0.247. The van der Waals surface area contributed by atoms with Gasteiger partial charge in [-0.25, -0.2) is 4.79 Å². The molecule has 4 nitrogen and oxygen atoms in total. The molecule has 1 fully saturated rings. The van der Waals surface area contributed by atoms with Gasteiger partial charge in [0.05, 0.1) is 7.11 Å². The molecule has 1 heterocycles. The van der Waals surface area contributed by atoms with Crippen LogP contribution in [-0.2, 0) is 9.53 Å². The Balaban J connectivity index is 2.33. The number of methoxy groups -OCH3 is 1. The summed E-state index contributed by atoms with van der Waals surface area (Å²) >= 11 is 0. The van der Waals surface area contributed by atoms with Gasteiger partial charge in [0.2, 0.25) is 0 Å². The second-order valence-corrected chi connectivity index (χ2v) is 4.02. The first kappa shape index (κ1) is 12.2. The summed E-state index contributed by atoms with van der Waals surface area (Å²) < 4.78 is 4.62. The third-order valence-electron chi connectivity index (χ3n) is 2.80. The monoisotopic (exact) mass is 212 g/mol. The van der Waals surface area contributed by atoms with Gasteiger partial charge >= 0.3 is 5.97 Å². The number of carbonyl (C=O) groups excluding carboxylic acids is 1. The number of piperidine rings is 1. The third kappa shape index (κ3) is 4.01. The highest BCUT2D eigenvalue weighted by atomic mass is 16.5. The van der Waals surface area contributed by atoms with E-state index in [0.717, 1.165) is 32.5 Å². The summed E-state index contributed by atoms with van der Waals surface area (Å²) in [4.78, 5) is 13.4. The van der Waals surface area contributed by atoms with Crippen molar-refractivity contribution in [3.05, 3.63) is 11.6 Å². The van der Waals surface area contributed by atoms with Crippen molar-refractivity contribution in [1.29, 1.82) is 0 Å². The van der Waals surface area contributed by atoms with E-state index < -0.39 is 0 Å². The van der Waals surface area contributed by atoms with E-state index in [9.17, 15) is 4.79 Å². The maximum absolute atomic E-state index is 11.1. The van der Waals surface area contributed by atoms with Gasteiger partial charge in [-0.15, -0.1) is 0 Å². The van der Waals surface area contributed by atoms with Crippen LogP contribution in [0.2, 0.25) is 0 Å². The fourth-order valence-electron chi connectivity index (χ4n) is 1.65. The molecule has 0 atom stereocenters. The number of ether oxygens (including phenoxy) is 1. The molecule has 4 heteroatoms. The molecule has 1 saturated heterocycles. The van der Waals surface area contributed by atoms with Crippen LogP contribution >= 0.6 is 0 Å². The highest BCUT2D eigenvalue weighted by Gasteiger charge is 2.15. The fourth-order valence-corrected chi connectivity index (χ4v) is 1.65. The summed E-state index contributed by atoms with van der Waals surface area (Å²) in [5, 5.41) is 0. The Kier molecular flexibility index (Phi) is 4.78. The molecule has 15 heavy (non-hydrogen) atoms. The quantitative estimate of drug-likeness (QED) is 0.547. The van der Waals surface area contributed by atoms with Gasteiger partial charge in [-0.05, 0) is 32.9 Å². The first-order valence-corrected chi connectivity index (χ1v) is 5.36. The Morgan fingerprint density at radius 2 is 2.13 bits per heavy atom. The maximum atomic E-state index is 11.1. The van der Waals surface area contributed by atoms with Crippen molar-refractivity contribution >= 4 is 5.97 Å². The van der Waals surface area contributed by atoms with Crippen molar-refractivity contribution < 1.29 is 9.53 Å². The van der Waals surface area contributed by atoms with Crippen LogP contribution in [0.1, 0.15) is 19.8 Å². The fraction of sp³-hybridized carbons (Fsp3) is 0.727. The third-order valence-corrected chi connectivity index (χ3v) is 2.80. The van der Waals surface area contributed by atoms with E-state index >= 15 is 0 Å². The Bertz CT molecular complexity index is 243. The molecule has 1 aliphatic rings. The number of nitrogens with zero attached hydrogens (tertiary/aromatic N) is 1. The van der Waals surface area contributed by atoms with E-state index in [0.29, 0.717) is 11.6 Å². The minimum Gasteiger partial charge on any atom is -0.466 e. The van der Waals surface area contributed by atoms with Crippen LogP contribution in [0.3, 0.4) is 0 Å². The van der Waals surface area contributed by atoms with Gasteiger partial charge in [0.25, 0.3) is 0 Å². The van der Waals surface area contributed by atoms with Gasteiger partial charge in [-0.1, -0.05) is 6.08 Å². The molecule has 0 aromatic carbocycles. The number of nitrogens with two attached hydrogens (primary N) is 1. The van der Waals surface area contributed by atoms with Crippen LogP contribution in [0.5, 0.6) is 0 Å². The summed E-state index contributed by atoms with van der Waals surface area (Å²) in [6.45, 7) is 4.63. The molecular formula is C11H20N2O2. The molecule has 0 amide bonds. The van der Waals surface area contributed by atoms with Gasteiger partial charge in [0.15, 0.2) is 0 Å². The van der Waals surface area contributed by atoms with E-state index in [1.54, 1.807) is 6.92 Å². The molecule has 0 spiro atoms. The van der Waals surface area contributed by atoms with Gasteiger partial charge in [-0.3, -0.25) is 4.90 Å². The summed E-state index contributed by atoms with van der Waals surface area (Å²) in [6, 6.07) is 0.354. The average molecular weight is 212 g/mol. The zero-order valence-corrected chi connectivity index (χ0v) is 9.53. The lowest BCUT2D eigenvalue weighted by Gasteiger charge is -2.29. The Morgan fingerprint density at radius 1 is 1.53 bits per heavy atom. The predicted molar refractivity (Wildman–Crippen MR) is 59.4 cm³/mol. The number of esters is 1. The highest BCUT2D eigenvalue weighted by Crippen LogP contribution is 2.08. The van der Waals surface area contributed by atoms with Crippen LogP contribution in [-0.4, -0.2) is 43.7 Å². The van der Waals surface area contributed by atoms with E-state index in [2.05, 4.69) is 9.64 Å². The second kappa shape index (κ2) is 5.88. The minimum absolute atomic E-state index is 0.247. The standard InChI is InChI=1S/C11H20N2O2/c1-9(11(14)15-2)3-6-13-7-4-10(12)5-8-13/h3,10H,4-8,12H2,1-2H3. The SMILES string of the molecule is COC(=O)C(C)=CCN1CCC(N)CC1. The lowest BCUT2D eigenvalue weighted by atomic mass is 10.1. The summed E-state index contributed by atoms with van der Waals surface area (Å²) in [7, 11) is 1.40. The van der Waals surface area contributed by atoms with Crippen LogP contribution in [0, 0.1) is 0 Å². The topological polar surface area (TPSA) is 55.6 Å². The molecule has 0 unspecified atom stereocenters. The predicted octanol–water partition coefficient (Wildman–Crippen LogP) is 0.529. The van der Waals surface area contributed by atoms with Crippen LogP contribution < -0.4 is 5.73 Å². The van der Waals surface area contributed by atoms with Crippen molar-refractivity contribution in [2.24, 2.45) is 5.73 Å². The molecule has 1 aliphatic heterocycles. The molecular weight excluding hydrogens is 192 g/mol. The molecule has 0 saturated carbocycles. The lowest BCUT2D eigenvalue weighted by Crippen LogP contribution is -2.39. The largest absolute Gasteiger partial charge is 0.466 e. The number of hydrogen-bond donors (Lipinski definition) is 1. The summed E-state index contributed by atoms with van der Waals surface area (Å²) in [6.07, 6.45) is 4.01. The van der Waals surface area contributed by atoms with E-state index in [1.807, 2.05) is 6.08 Å². The molecule has 0 aromatic heterocycles. The summed E-state index contributed by atoms with van der Waals surface area (Å²) in [5.74, 6) is -0.247. The van der Waals surface area contributed by atoms with Gasteiger partial charge < -0.3 is 10.5 Å². The highest BCUT2D eigenvalue weighted by molar-refractivity contribution is 5.87. The number of carbonyl (C=O) groups is 1. The van der Waals surface area contributed by atoms with Crippen molar-refractivity contribution in [1.82, 2.24) is 4.90 Å². The summed E-state index contributed by atoms with van der Waals surface area (Å²) in [5.41, 5.74) is 6.48. The van der Waals surface area contributed by atoms with Gasteiger partial charge in [0.1, 0.15) is 0 Å². The Hall–Kier alpha value is -0.870.